The van der Waals surface area contributed by atoms with Crippen LogP contribution in [0.5, 0.6) is 17.2 Å². The topological polar surface area (TPSA) is 56.8 Å². The number of carbonyl (C=O) groups is 1. The summed E-state index contributed by atoms with van der Waals surface area (Å²) in [5.74, 6) is 1.51. The average Bonchev–Trinajstić information content (AvgIpc) is 3.48. The Hall–Kier alpha value is -2.69. The minimum atomic E-state index is -0.461. The van der Waals surface area contributed by atoms with Crippen molar-refractivity contribution in [1.82, 2.24) is 0 Å². The third-order valence-electron chi connectivity index (χ3n) is 5.41. The van der Waals surface area contributed by atoms with Crippen molar-refractivity contribution in [1.29, 1.82) is 0 Å². The molecule has 3 rings (SSSR count). The normalized spacial score (nSPS) is 14.9. The number of hydrogen-bond donors (Lipinski definition) is 1. The second-order valence-electron chi connectivity index (χ2n) is 8.28. The highest BCUT2D eigenvalue weighted by Crippen LogP contribution is 2.50. The fourth-order valence-electron chi connectivity index (χ4n) is 3.47. The van der Waals surface area contributed by atoms with Gasteiger partial charge in [-0.2, -0.15) is 0 Å². The van der Waals surface area contributed by atoms with E-state index in [2.05, 4.69) is 50.4 Å². The van der Waals surface area contributed by atoms with Gasteiger partial charge in [0.1, 0.15) is 0 Å². The number of carbonyl (C=O) groups excluding carboxylic acids is 1. The Bertz CT molecular complexity index is 836. The Kier molecular flexibility index (Phi) is 5.28. The minimum absolute atomic E-state index is 0.00900. The summed E-state index contributed by atoms with van der Waals surface area (Å²) >= 11 is 0. The lowest BCUT2D eigenvalue weighted by atomic mass is 9.85. The maximum atomic E-state index is 13.1. The molecule has 0 heterocycles. The Labute approximate surface area is 167 Å². The molecule has 0 aromatic heterocycles. The zero-order chi connectivity index (χ0) is 20.5. The van der Waals surface area contributed by atoms with Gasteiger partial charge < -0.3 is 19.5 Å². The highest BCUT2D eigenvalue weighted by Gasteiger charge is 2.51. The molecular weight excluding hydrogens is 354 g/mol. The standard InChI is InChI=1S/C23H29NO4/c1-22(2,3)15-7-9-16(10-8-15)23(11-12-23)21(25)24-17-13-18(26-4)20(28-6)19(14-17)27-5/h7-10,13-14H,11-12H2,1-6H3,(H,24,25). The molecule has 5 heteroatoms. The van der Waals surface area contributed by atoms with E-state index in [-0.39, 0.29) is 11.3 Å². The van der Waals surface area contributed by atoms with E-state index in [1.807, 2.05) is 0 Å². The quantitative estimate of drug-likeness (QED) is 0.787. The van der Waals surface area contributed by atoms with Crippen molar-refractivity contribution >= 4 is 11.6 Å². The Morgan fingerprint density at radius 2 is 1.46 bits per heavy atom. The van der Waals surface area contributed by atoms with E-state index < -0.39 is 5.41 Å². The number of nitrogens with one attached hydrogen (secondary N) is 1. The molecule has 1 fully saturated rings. The van der Waals surface area contributed by atoms with Crippen LogP contribution >= 0.6 is 0 Å². The van der Waals surface area contributed by atoms with Crippen molar-refractivity contribution in [2.24, 2.45) is 0 Å². The number of anilines is 1. The molecule has 0 unspecified atom stereocenters. The van der Waals surface area contributed by atoms with Crippen LogP contribution in [0.4, 0.5) is 5.69 Å². The lowest BCUT2D eigenvalue weighted by molar-refractivity contribution is -0.118. The number of methoxy groups -OCH3 is 3. The van der Waals surface area contributed by atoms with Gasteiger partial charge in [0.05, 0.1) is 26.7 Å². The number of ether oxygens (including phenoxy) is 3. The molecule has 2 aromatic carbocycles. The number of hydrogen-bond acceptors (Lipinski definition) is 4. The SMILES string of the molecule is COc1cc(NC(=O)C2(c3ccc(C(C)(C)C)cc3)CC2)cc(OC)c1OC. The van der Waals surface area contributed by atoms with E-state index in [1.165, 1.54) is 5.56 Å². The second-order valence-corrected chi connectivity index (χ2v) is 8.28. The number of rotatable bonds is 6. The first-order chi connectivity index (χ1) is 13.2. The monoisotopic (exact) mass is 383 g/mol. The summed E-state index contributed by atoms with van der Waals surface area (Å²) in [6.07, 6.45) is 1.69. The number of benzene rings is 2. The van der Waals surface area contributed by atoms with Crippen molar-refractivity contribution in [3.63, 3.8) is 0 Å². The predicted octanol–water partition coefficient (Wildman–Crippen LogP) is 4.68. The van der Waals surface area contributed by atoms with Crippen LogP contribution in [0.3, 0.4) is 0 Å². The third-order valence-corrected chi connectivity index (χ3v) is 5.41. The largest absolute Gasteiger partial charge is 0.493 e. The highest BCUT2D eigenvalue weighted by molar-refractivity contribution is 6.01. The van der Waals surface area contributed by atoms with Crippen molar-refractivity contribution in [3.8, 4) is 17.2 Å². The van der Waals surface area contributed by atoms with Gasteiger partial charge in [0.15, 0.2) is 11.5 Å². The highest BCUT2D eigenvalue weighted by atomic mass is 16.5. The van der Waals surface area contributed by atoms with Crippen LogP contribution in [0.25, 0.3) is 0 Å². The molecule has 0 saturated heterocycles. The van der Waals surface area contributed by atoms with E-state index in [4.69, 9.17) is 14.2 Å². The lowest BCUT2D eigenvalue weighted by Crippen LogP contribution is -2.28. The summed E-state index contributed by atoms with van der Waals surface area (Å²) in [4.78, 5) is 13.1. The van der Waals surface area contributed by atoms with Gasteiger partial charge in [-0.25, -0.2) is 0 Å². The fraction of sp³-hybridized carbons (Fsp3) is 0.435. The molecule has 1 aliphatic rings. The average molecular weight is 383 g/mol. The first-order valence-electron chi connectivity index (χ1n) is 9.47. The molecule has 1 amide bonds. The molecule has 2 aromatic rings. The Balaban J connectivity index is 1.85. The first-order valence-corrected chi connectivity index (χ1v) is 9.47. The van der Waals surface area contributed by atoms with Crippen molar-refractivity contribution in [2.45, 2.75) is 44.4 Å². The van der Waals surface area contributed by atoms with Gasteiger partial charge >= 0.3 is 0 Å². The van der Waals surface area contributed by atoms with E-state index in [1.54, 1.807) is 33.5 Å². The van der Waals surface area contributed by atoms with Gasteiger partial charge in [-0.15, -0.1) is 0 Å². The van der Waals surface area contributed by atoms with Crippen LogP contribution in [0.1, 0.15) is 44.7 Å². The number of amides is 1. The van der Waals surface area contributed by atoms with Crippen LogP contribution in [0.2, 0.25) is 0 Å². The second kappa shape index (κ2) is 7.38. The molecule has 0 aliphatic heterocycles. The van der Waals surface area contributed by atoms with E-state index in [0.717, 1.165) is 18.4 Å². The lowest BCUT2D eigenvalue weighted by Gasteiger charge is -2.21. The minimum Gasteiger partial charge on any atom is -0.493 e. The molecule has 28 heavy (non-hydrogen) atoms. The molecule has 5 nitrogen and oxygen atoms in total. The van der Waals surface area contributed by atoms with E-state index in [0.29, 0.717) is 22.9 Å². The maximum Gasteiger partial charge on any atom is 0.235 e. The van der Waals surface area contributed by atoms with Gasteiger partial charge in [-0.3, -0.25) is 4.79 Å². The van der Waals surface area contributed by atoms with Crippen LogP contribution < -0.4 is 19.5 Å². The van der Waals surface area contributed by atoms with Gasteiger partial charge in [-0.05, 0) is 29.4 Å². The molecule has 0 atom stereocenters. The Morgan fingerprint density at radius 3 is 1.86 bits per heavy atom. The fourth-order valence-corrected chi connectivity index (χ4v) is 3.47. The summed E-state index contributed by atoms with van der Waals surface area (Å²) in [6, 6.07) is 11.9. The van der Waals surface area contributed by atoms with Crippen LogP contribution in [-0.2, 0) is 15.6 Å². The summed E-state index contributed by atoms with van der Waals surface area (Å²) < 4.78 is 16.1. The first kappa shape index (κ1) is 20.1. The predicted molar refractivity (Wildman–Crippen MR) is 111 cm³/mol. The molecule has 150 valence electrons. The van der Waals surface area contributed by atoms with Gasteiger partial charge in [0, 0.05) is 17.8 Å². The summed E-state index contributed by atoms with van der Waals surface area (Å²) in [6.45, 7) is 6.56. The van der Waals surface area contributed by atoms with E-state index in [9.17, 15) is 4.79 Å². The van der Waals surface area contributed by atoms with E-state index >= 15 is 0 Å². The zero-order valence-corrected chi connectivity index (χ0v) is 17.5. The van der Waals surface area contributed by atoms with Gasteiger partial charge in [0.2, 0.25) is 11.7 Å². The maximum absolute atomic E-state index is 13.1. The summed E-state index contributed by atoms with van der Waals surface area (Å²) in [5.41, 5.74) is 2.57. The molecule has 0 bridgehead atoms. The zero-order valence-electron chi connectivity index (χ0n) is 17.5. The molecule has 0 spiro atoms. The van der Waals surface area contributed by atoms with Crippen molar-refractivity contribution in [3.05, 3.63) is 47.5 Å². The molecule has 1 N–H and O–H groups in total. The van der Waals surface area contributed by atoms with Crippen molar-refractivity contribution in [2.75, 3.05) is 26.6 Å². The van der Waals surface area contributed by atoms with Gasteiger partial charge in [0.25, 0.3) is 0 Å². The van der Waals surface area contributed by atoms with Crippen LogP contribution in [0, 0.1) is 0 Å². The molecule has 1 aliphatic carbocycles. The van der Waals surface area contributed by atoms with Crippen LogP contribution in [0.15, 0.2) is 36.4 Å². The van der Waals surface area contributed by atoms with Crippen LogP contribution in [-0.4, -0.2) is 27.2 Å². The van der Waals surface area contributed by atoms with Crippen molar-refractivity contribution < 1.29 is 19.0 Å². The smallest absolute Gasteiger partial charge is 0.235 e. The molecule has 0 radical (unpaired) electrons. The summed E-state index contributed by atoms with van der Waals surface area (Å²) in [5, 5.41) is 3.03. The molecular formula is C23H29NO4. The molecule has 1 saturated carbocycles. The Morgan fingerprint density at radius 1 is 0.929 bits per heavy atom. The van der Waals surface area contributed by atoms with Gasteiger partial charge in [-0.1, -0.05) is 45.0 Å². The third kappa shape index (κ3) is 3.66. The summed E-state index contributed by atoms with van der Waals surface area (Å²) in [7, 11) is 4.67.